The number of sulfonamides is 1. The van der Waals surface area contributed by atoms with Crippen molar-refractivity contribution in [2.75, 3.05) is 13.1 Å². The average Bonchev–Trinajstić information content (AvgIpc) is 2.62. The molecule has 2 aromatic rings. The maximum Gasteiger partial charge on any atom is 0.269 e. The molecule has 0 bridgehead atoms. The van der Waals surface area contributed by atoms with Gasteiger partial charge in [-0.2, -0.15) is 0 Å². The van der Waals surface area contributed by atoms with Crippen LogP contribution >= 0.6 is 0 Å². The summed E-state index contributed by atoms with van der Waals surface area (Å²) >= 11 is 0. The maximum atomic E-state index is 12.1. The number of nitrogens with one attached hydrogen (secondary N) is 2. The molecule has 0 saturated heterocycles. The molecular formula is C18H23N3O5S. The molecule has 9 heteroatoms. The second-order valence-corrected chi connectivity index (χ2v) is 7.90. The zero-order valence-corrected chi connectivity index (χ0v) is 16.0. The number of hydrogen-bond donors (Lipinski definition) is 2. The lowest BCUT2D eigenvalue weighted by Crippen LogP contribution is -2.31. The smallest absolute Gasteiger partial charge is 0.269 e. The quantitative estimate of drug-likeness (QED) is 0.364. The predicted molar refractivity (Wildman–Crippen MR) is 102 cm³/mol. The van der Waals surface area contributed by atoms with E-state index in [2.05, 4.69) is 10.0 Å². The Morgan fingerprint density at radius 2 is 1.67 bits per heavy atom. The minimum atomic E-state index is -3.69. The average molecular weight is 393 g/mol. The van der Waals surface area contributed by atoms with E-state index in [4.69, 9.17) is 4.74 Å². The molecule has 0 aliphatic rings. The predicted octanol–water partition coefficient (Wildman–Crippen LogP) is 2.45. The lowest BCUT2D eigenvalue weighted by Gasteiger charge is -2.11. The Hall–Kier alpha value is -2.49. The molecule has 0 aliphatic carbocycles. The van der Waals surface area contributed by atoms with Crippen molar-refractivity contribution >= 4 is 15.7 Å². The molecule has 0 amide bonds. The third-order valence-corrected chi connectivity index (χ3v) is 5.05. The van der Waals surface area contributed by atoms with E-state index in [1.54, 1.807) is 0 Å². The van der Waals surface area contributed by atoms with E-state index in [0.29, 0.717) is 13.1 Å². The number of hydrogen-bond acceptors (Lipinski definition) is 6. The van der Waals surface area contributed by atoms with Crippen molar-refractivity contribution in [1.82, 2.24) is 10.0 Å². The van der Waals surface area contributed by atoms with Gasteiger partial charge in [0, 0.05) is 31.8 Å². The van der Waals surface area contributed by atoms with Crippen LogP contribution in [0.2, 0.25) is 0 Å². The zero-order valence-electron chi connectivity index (χ0n) is 15.2. The van der Waals surface area contributed by atoms with Gasteiger partial charge in [0.05, 0.1) is 15.9 Å². The van der Waals surface area contributed by atoms with Crippen molar-refractivity contribution in [3.63, 3.8) is 0 Å². The highest BCUT2D eigenvalue weighted by atomic mass is 32.2. The van der Waals surface area contributed by atoms with Crippen LogP contribution in [0.5, 0.6) is 5.75 Å². The first kappa shape index (κ1) is 20.8. The van der Waals surface area contributed by atoms with Crippen LogP contribution in [0.1, 0.15) is 19.4 Å². The minimum Gasteiger partial charge on any atom is -0.491 e. The lowest BCUT2D eigenvalue weighted by atomic mass is 10.2. The van der Waals surface area contributed by atoms with Gasteiger partial charge in [0.15, 0.2) is 0 Å². The van der Waals surface area contributed by atoms with Crippen LogP contribution in [0.15, 0.2) is 53.4 Å². The van der Waals surface area contributed by atoms with Gasteiger partial charge >= 0.3 is 0 Å². The zero-order chi connectivity index (χ0) is 19.9. The normalized spacial score (nSPS) is 11.5. The topological polar surface area (TPSA) is 111 Å². The Morgan fingerprint density at radius 3 is 2.22 bits per heavy atom. The molecule has 0 saturated carbocycles. The second-order valence-electron chi connectivity index (χ2n) is 6.14. The molecule has 0 fully saturated rings. The van der Waals surface area contributed by atoms with E-state index >= 15 is 0 Å². The number of nitrogens with zero attached hydrogens (tertiary/aromatic N) is 1. The standard InChI is InChI=1S/C18H23N3O5S/c1-14(2)26-17-7-3-15(4-8-17)13-19-11-12-20-27(24,25)18-9-5-16(6-10-18)21(22)23/h3-10,14,19-20H,11-13H2,1-2H3. The van der Waals surface area contributed by atoms with Crippen LogP contribution in [0.25, 0.3) is 0 Å². The third-order valence-electron chi connectivity index (χ3n) is 3.58. The highest BCUT2D eigenvalue weighted by Gasteiger charge is 2.15. The first-order valence-corrected chi connectivity index (χ1v) is 9.96. The Labute approximate surface area is 158 Å². The van der Waals surface area contributed by atoms with Gasteiger partial charge in [0.1, 0.15) is 5.75 Å². The molecule has 2 N–H and O–H groups in total. The number of rotatable bonds is 10. The molecule has 8 nitrogen and oxygen atoms in total. The van der Waals surface area contributed by atoms with Crippen molar-refractivity contribution in [2.45, 2.75) is 31.4 Å². The van der Waals surface area contributed by atoms with E-state index in [9.17, 15) is 18.5 Å². The van der Waals surface area contributed by atoms with Gasteiger partial charge in [-0.15, -0.1) is 0 Å². The molecule has 0 unspecified atom stereocenters. The SMILES string of the molecule is CC(C)Oc1ccc(CNCCNS(=O)(=O)c2ccc([N+](=O)[O-])cc2)cc1. The van der Waals surface area contributed by atoms with Crippen molar-refractivity contribution in [1.29, 1.82) is 0 Å². The van der Waals surface area contributed by atoms with Crippen LogP contribution in [-0.2, 0) is 16.6 Å². The molecule has 0 spiro atoms. The second kappa shape index (κ2) is 9.45. The number of ether oxygens (including phenoxy) is 1. The van der Waals surface area contributed by atoms with Crippen LogP contribution in [0, 0.1) is 10.1 Å². The first-order valence-electron chi connectivity index (χ1n) is 8.48. The molecule has 27 heavy (non-hydrogen) atoms. The summed E-state index contributed by atoms with van der Waals surface area (Å²) in [6.45, 7) is 5.17. The molecule has 2 aromatic carbocycles. The highest BCUT2D eigenvalue weighted by molar-refractivity contribution is 7.89. The molecule has 2 rings (SSSR count). The van der Waals surface area contributed by atoms with E-state index < -0.39 is 14.9 Å². The number of benzene rings is 2. The summed E-state index contributed by atoms with van der Waals surface area (Å²) < 4.78 is 32.3. The van der Waals surface area contributed by atoms with E-state index in [1.165, 1.54) is 24.3 Å². The number of non-ortho nitro benzene ring substituents is 1. The summed E-state index contributed by atoms with van der Waals surface area (Å²) in [6.07, 6.45) is 0.123. The summed E-state index contributed by atoms with van der Waals surface area (Å²) in [4.78, 5) is 10.0. The summed E-state index contributed by atoms with van der Waals surface area (Å²) in [7, 11) is -3.69. The Morgan fingerprint density at radius 1 is 1.04 bits per heavy atom. The molecular weight excluding hydrogens is 370 g/mol. The largest absolute Gasteiger partial charge is 0.491 e. The van der Waals surface area contributed by atoms with Gasteiger partial charge in [-0.25, -0.2) is 13.1 Å². The molecule has 0 aliphatic heterocycles. The van der Waals surface area contributed by atoms with Crippen molar-refractivity contribution in [3.05, 3.63) is 64.2 Å². The van der Waals surface area contributed by atoms with E-state index in [-0.39, 0.29) is 23.2 Å². The maximum absolute atomic E-state index is 12.1. The number of nitro groups is 1. The van der Waals surface area contributed by atoms with E-state index in [1.807, 2.05) is 38.1 Å². The molecule has 0 heterocycles. The Kier molecular flexibility index (Phi) is 7.28. The fraction of sp³-hybridized carbons (Fsp3) is 0.333. The van der Waals surface area contributed by atoms with Crippen LogP contribution in [0.3, 0.4) is 0 Å². The summed E-state index contributed by atoms with van der Waals surface area (Å²) in [5, 5.41) is 13.8. The van der Waals surface area contributed by atoms with Crippen molar-refractivity contribution in [2.24, 2.45) is 0 Å². The fourth-order valence-electron chi connectivity index (χ4n) is 2.29. The Balaban J connectivity index is 1.76. The fourth-order valence-corrected chi connectivity index (χ4v) is 3.33. The van der Waals surface area contributed by atoms with Gasteiger partial charge in [-0.05, 0) is 43.7 Å². The first-order chi connectivity index (χ1) is 12.8. The molecule has 0 atom stereocenters. The van der Waals surface area contributed by atoms with Crippen molar-refractivity contribution in [3.8, 4) is 5.75 Å². The third kappa shape index (κ3) is 6.63. The summed E-state index contributed by atoms with van der Waals surface area (Å²) in [6, 6.07) is 12.5. The minimum absolute atomic E-state index is 0.00570. The van der Waals surface area contributed by atoms with Gasteiger partial charge < -0.3 is 10.1 Å². The Bertz CT molecular complexity index is 850. The van der Waals surface area contributed by atoms with Crippen LogP contribution < -0.4 is 14.8 Å². The van der Waals surface area contributed by atoms with Gasteiger partial charge in [0.2, 0.25) is 10.0 Å². The molecule has 0 aromatic heterocycles. The van der Waals surface area contributed by atoms with Crippen LogP contribution in [0.4, 0.5) is 5.69 Å². The van der Waals surface area contributed by atoms with E-state index in [0.717, 1.165) is 11.3 Å². The monoisotopic (exact) mass is 393 g/mol. The molecule has 146 valence electrons. The van der Waals surface area contributed by atoms with Gasteiger partial charge in [-0.3, -0.25) is 10.1 Å². The summed E-state index contributed by atoms with van der Waals surface area (Å²) in [5.74, 6) is 0.810. The number of nitro benzene ring substituents is 1. The van der Waals surface area contributed by atoms with Crippen LogP contribution in [-0.4, -0.2) is 32.5 Å². The van der Waals surface area contributed by atoms with Gasteiger partial charge in [-0.1, -0.05) is 12.1 Å². The van der Waals surface area contributed by atoms with Crippen molar-refractivity contribution < 1.29 is 18.1 Å². The summed E-state index contributed by atoms with van der Waals surface area (Å²) in [5.41, 5.74) is 0.907. The van der Waals surface area contributed by atoms with Gasteiger partial charge in [0.25, 0.3) is 5.69 Å². The lowest BCUT2D eigenvalue weighted by molar-refractivity contribution is -0.384. The molecule has 0 radical (unpaired) electrons. The highest BCUT2D eigenvalue weighted by Crippen LogP contribution is 2.15.